The third-order valence-corrected chi connectivity index (χ3v) is 2.84. The monoisotopic (exact) mass is 261 g/mol. The van der Waals surface area contributed by atoms with Crippen molar-refractivity contribution in [3.05, 3.63) is 35.5 Å². The number of benzene rings is 1. The highest BCUT2D eigenvalue weighted by atomic mass is 16.6. The summed E-state index contributed by atoms with van der Waals surface area (Å²) in [5.74, 6) is 0. The van der Waals surface area contributed by atoms with E-state index in [1.54, 1.807) is 0 Å². The maximum Gasteiger partial charge on any atom is 0.419 e. The van der Waals surface area contributed by atoms with Gasteiger partial charge in [-0.15, -0.1) is 0 Å². The zero-order valence-electron chi connectivity index (χ0n) is 11.7. The molecule has 0 atom stereocenters. The number of aryl methyl sites for hydroxylation is 1. The van der Waals surface area contributed by atoms with Crippen molar-refractivity contribution in [3.63, 3.8) is 0 Å². The van der Waals surface area contributed by atoms with Crippen molar-refractivity contribution in [1.29, 1.82) is 0 Å². The van der Waals surface area contributed by atoms with E-state index in [9.17, 15) is 9.90 Å². The van der Waals surface area contributed by atoms with Crippen molar-refractivity contribution in [2.75, 3.05) is 0 Å². The molecule has 0 aliphatic heterocycles. The molecule has 19 heavy (non-hydrogen) atoms. The molecule has 0 aliphatic carbocycles. The van der Waals surface area contributed by atoms with Crippen molar-refractivity contribution >= 4 is 17.0 Å². The standard InChI is InChI=1S/C15H19NO3/c1-10-6-5-7-11-8-12(9-17)16(13(10)11)14(18)19-15(2,3)4/h5-8,17H,9H2,1-4H3. The molecule has 0 unspecified atom stereocenters. The molecule has 2 rings (SSSR count). The van der Waals surface area contributed by atoms with E-state index in [1.165, 1.54) is 4.57 Å². The second-order valence-corrected chi connectivity index (χ2v) is 5.62. The first-order valence-corrected chi connectivity index (χ1v) is 6.27. The van der Waals surface area contributed by atoms with E-state index >= 15 is 0 Å². The van der Waals surface area contributed by atoms with Gasteiger partial charge in [-0.1, -0.05) is 18.2 Å². The highest BCUT2D eigenvalue weighted by Gasteiger charge is 2.22. The average molecular weight is 261 g/mol. The van der Waals surface area contributed by atoms with Crippen molar-refractivity contribution < 1.29 is 14.6 Å². The lowest BCUT2D eigenvalue weighted by atomic mass is 10.2. The quantitative estimate of drug-likeness (QED) is 0.857. The molecule has 2 aromatic rings. The van der Waals surface area contributed by atoms with E-state index < -0.39 is 11.7 Å². The van der Waals surface area contributed by atoms with E-state index in [4.69, 9.17) is 4.74 Å². The molecule has 4 nitrogen and oxygen atoms in total. The Bertz CT molecular complexity index is 620. The number of hydrogen-bond donors (Lipinski definition) is 1. The van der Waals surface area contributed by atoms with Crippen molar-refractivity contribution in [2.45, 2.75) is 39.9 Å². The van der Waals surface area contributed by atoms with Crippen LogP contribution in [0.15, 0.2) is 24.3 Å². The molecular formula is C15H19NO3. The smallest absolute Gasteiger partial charge is 0.419 e. The number of aromatic nitrogens is 1. The second-order valence-electron chi connectivity index (χ2n) is 5.62. The molecule has 1 N–H and O–H groups in total. The van der Waals surface area contributed by atoms with Gasteiger partial charge >= 0.3 is 6.09 Å². The van der Waals surface area contributed by atoms with Gasteiger partial charge in [0.15, 0.2) is 0 Å². The van der Waals surface area contributed by atoms with Gasteiger partial charge in [0.1, 0.15) is 5.60 Å². The van der Waals surface area contributed by atoms with Crippen LogP contribution in [-0.4, -0.2) is 21.4 Å². The lowest BCUT2D eigenvalue weighted by Crippen LogP contribution is -2.28. The summed E-state index contributed by atoms with van der Waals surface area (Å²) in [5, 5.41) is 10.4. The number of hydrogen-bond acceptors (Lipinski definition) is 3. The number of carbonyl (C=O) groups excluding carboxylic acids is 1. The second kappa shape index (κ2) is 4.70. The van der Waals surface area contributed by atoms with Gasteiger partial charge in [0, 0.05) is 5.39 Å². The Labute approximate surface area is 112 Å². The number of fused-ring (bicyclic) bond motifs is 1. The Morgan fingerprint density at radius 2 is 2.05 bits per heavy atom. The molecule has 0 radical (unpaired) electrons. The number of nitrogens with zero attached hydrogens (tertiary/aromatic N) is 1. The number of ether oxygens (including phenoxy) is 1. The van der Waals surface area contributed by atoms with Crippen LogP contribution in [-0.2, 0) is 11.3 Å². The van der Waals surface area contributed by atoms with Gasteiger partial charge in [-0.2, -0.15) is 0 Å². The molecule has 0 saturated carbocycles. The van der Waals surface area contributed by atoms with Crippen molar-refractivity contribution in [3.8, 4) is 0 Å². The topological polar surface area (TPSA) is 51.5 Å². The van der Waals surface area contributed by atoms with Crippen LogP contribution in [0.2, 0.25) is 0 Å². The number of aliphatic hydroxyl groups is 1. The Morgan fingerprint density at radius 3 is 2.63 bits per heavy atom. The van der Waals surface area contributed by atoms with E-state index in [2.05, 4.69) is 0 Å². The maximum absolute atomic E-state index is 12.3. The third-order valence-electron chi connectivity index (χ3n) is 2.84. The van der Waals surface area contributed by atoms with Crippen LogP contribution in [0.1, 0.15) is 32.0 Å². The molecule has 0 saturated heterocycles. The molecular weight excluding hydrogens is 242 g/mol. The summed E-state index contributed by atoms with van der Waals surface area (Å²) in [6.07, 6.45) is -0.458. The fourth-order valence-corrected chi connectivity index (χ4v) is 2.12. The number of para-hydroxylation sites is 1. The van der Waals surface area contributed by atoms with Gasteiger partial charge in [0.25, 0.3) is 0 Å². The molecule has 4 heteroatoms. The maximum atomic E-state index is 12.3. The third kappa shape index (κ3) is 2.63. The van der Waals surface area contributed by atoms with Gasteiger partial charge in [-0.05, 0) is 39.3 Å². The van der Waals surface area contributed by atoms with Gasteiger partial charge in [-0.25, -0.2) is 9.36 Å². The number of rotatable bonds is 1. The van der Waals surface area contributed by atoms with Crippen LogP contribution >= 0.6 is 0 Å². The highest BCUT2D eigenvalue weighted by molar-refractivity contribution is 5.92. The first kappa shape index (κ1) is 13.6. The molecule has 1 aromatic heterocycles. The van der Waals surface area contributed by atoms with Crippen LogP contribution in [0, 0.1) is 6.92 Å². The van der Waals surface area contributed by atoms with Crippen molar-refractivity contribution in [1.82, 2.24) is 4.57 Å². The first-order chi connectivity index (χ1) is 8.83. The van der Waals surface area contributed by atoms with Gasteiger partial charge in [0.2, 0.25) is 0 Å². The molecule has 0 bridgehead atoms. The summed E-state index contributed by atoms with van der Waals surface area (Å²) in [5.41, 5.74) is 1.74. The normalized spacial score (nSPS) is 11.8. The summed E-state index contributed by atoms with van der Waals surface area (Å²) in [4.78, 5) is 12.3. The summed E-state index contributed by atoms with van der Waals surface area (Å²) in [7, 11) is 0. The number of carbonyl (C=O) groups is 1. The summed E-state index contributed by atoms with van der Waals surface area (Å²) in [6, 6.07) is 7.59. The fourth-order valence-electron chi connectivity index (χ4n) is 2.12. The molecule has 0 aliphatic rings. The first-order valence-electron chi connectivity index (χ1n) is 6.27. The van der Waals surface area contributed by atoms with Crippen LogP contribution in [0.25, 0.3) is 10.9 Å². The minimum Gasteiger partial charge on any atom is -0.443 e. The van der Waals surface area contributed by atoms with Crippen LogP contribution in [0.3, 0.4) is 0 Å². The summed E-state index contributed by atoms with van der Waals surface area (Å²) >= 11 is 0. The highest BCUT2D eigenvalue weighted by Crippen LogP contribution is 2.24. The lowest BCUT2D eigenvalue weighted by molar-refractivity contribution is 0.0533. The van der Waals surface area contributed by atoms with E-state index in [0.717, 1.165) is 16.5 Å². The molecule has 0 spiro atoms. The molecule has 1 aromatic carbocycles. The average Bonchev–Trinajstić information content (AvgIpc) is 2.66. The largest absolute Gasteiger partial charge is 0.443 e. The molecule has 0 amide bonds. The van der Waals surface area contributed by atoms with Gasteiger partial charge in [0.05, 0.1) is 17.8 Å². The van der Waals surface area contributed by atoms with Crippen LogP contribution in [0.5, 0.6) is 0 Å². The van der Waals surface area contributed by atoms with Crippen molar-refractivity contribution in [2.24, 2.45) is 0 Å². The Morgan fingerprint density at radius 1 is 1.37 bits per heavy atom. The van der Waals surface area contributed by atoms with Crippen LogP contribution in [0.4, 0.5) is 4.79 Å². The van der Waals surface area contributed by atoms with Gasteiger partial charge in [-0.3, -0.25) is 0 Å². The zero-order valence-corrected chi connectivity index (χ0v) is 11.7. The van der Waals surface area contributed by atoms with E-state index in [0.29, 0.717) is 5.69 Å². The number of aliphatic hydroxyl groups excluding tert-OH is 1. The predicted octanol–water partition coefficient (Wildman–Crippen LogP) is 3.23. The minimum absolute atomic E-state index is 0.201. The van der Waals surface area contributed by atoms with E-state index in [1.807, 2.05) is 52.0 Å². The summed E-state index contributed by atoms with van der Waals surface area (Å²) in [6.45, 7) is 7.20. The predicted molar refractivity (Wildman–Crippen MR) is 74.2 cm³/mol. The Kier molecular flexibility index (Phi) is 3.37. The lowest BCUT2D eigenvalue weighted by Gasteiger charge is -2.21. The minimum atomic E-state index is -0.566. The fraction of sp³-hybridized carbons (Fsp3) is 0.400. The Hall–Kier alpha value is -1.81. The summed E-state index contributed by atoms with van der Waals surface area (Å²) < 4.78 is 6.85. The van der Waals surface area contributed by atoms with Crippen LogP contribution < -0.4 is 0 Å². The molecule has 1 heterocycles. The Balaban J connectivity index is 2.60. The zero-order chi connectivity index (χ0) is 14.2. The molecule has 102 valence electrons. The van der Waals surface area contributed by atoms with Gasteiger partial charge < -0.3 is 9.84 Å². The SMILES string of the molecule is Cc1cccc2cc(CO)n(C(=O)OC(C)(C)C)c12. The molecule has 0 fully saturated rings. The van der Waals surface area contributed by atoms with E-state index in [-0.39, 0.29) is 6.61 Å².